The highest BCUT2D eigenvalue weighted by molar-refractivity contribution is 6.26. The van der Waals surface area contributed by atoms with Crippen molar-refractivity contribution in [2.45, 2.75) is 25.7 Å². The van der Waals surface area contributed by atoms with Crippen molar-refractivity contribution in [1.82, 2.24) is 0 Å². The number of hydrogen-bond donors (Lipinski definition) is 0. The Labute approximate surface area is 88.2 Å². The predicted octanol–water partition coefficient (Wildman–Crippen LogP) is 1.67. The largest absolute Gasteiger partial charge is 0.399 e. The molecule has 0 saturated heterocycles. The molecule has 0 bridgehead atoms. The lowest BCUT2D eigenvalue weighted by Gasteiger charge is -2.13. The third-order valence-electron chi connectivity index (χ3n) is 2.13. The molecule has 0 aliphatic carbocycles. The summed E-state index contributed by atoms with van der Waals surface area (Å²) in [6, 6.07) is 11.5. The molecule has 0 spiro atoms. The average Bonchev–Trinajstić information content (AvgIpc) is 2.26. The van der Waals surface area contributed by atoms with Crippen LogP contribution in [-0.2, 0) is 15.2 Å². The van der Waals surface area contributed by atoms with Gasteiger partial charge in [-0.1, -0.05) is 37.3 Å². The smallest absolute Gasteiger partial charge is 0.169 e. The fourth-order valence-corrected chi connectivity index (χ4v) is 2.63. The van der Waals surface area contributed by atoms with Crippen LogP contribution >= 0.6 is 0 Å². The first-order valence-corrected chi connectivity index (χ1v) is 6.63. The van der Waals surface area contributed by atoms with Gasteiger partial charge in [0.15, 0.2) is 9.76 Å². The quantitative estimate of drug-likeness (QED) is 0.525. The first-order chi connectivity index (χ1) is 6.86. The minimum atomic E-state index is -0.481. The van der Waals surface area contributed by atoms with Gasteiger partial charge in [-0.2, -0.15) is 0 Å². The number of methoxy groups -OCH3 is 1. The lowest BCUT2D eigenvalue weighted by molar-refractivity contribution is -0.0540. The van der Waals surface area contributed by atoms with E-state index >= 15 is 0 Å². The molecule has 1 aromatic rings. The second-order valence-electron chi connectivity index (χ2n) is 3.18. The van der Waals surface area contributed by atoms with E-state index in [1.165, 1.54) is 5.56 Å². The summed E-state index contributed by atoms with van der Waals surface area (Å²) in [6.07, 6.45) is 0.934. The van der Waals surface area contributed by atoms with Crippen LogP contribution in [0.1, 0.15) is 18.9 Å². The number of rotatable bonds is 6. The standard InChI is InChI=1S/C11H18O2Si/c1-3-11(12-2)13-14-9-10-7-5-4-6-8-10/h4-8,11H,3,9,14H2,1-2H3. The van der Waals surface area contributed by atoms with E-state index in [0.717, 1.165) is 12.5 Å². The second-order valence-corrected chi connectivity index (χ2v) is 4.42. The lowest BCUT2D eigenvalue weighted by atomic mass is 10.2. The molecular weight excluding hydrogens is 192 g/mol. The lowest BCUT2D eigenvalue weighted by Crippen LogP contribution is -2.17. The van der Waals surface area contributed by atoms with Crippen molar-refractivity contribution in [1.29, 1.82) is 0 Å². The SMILES string of the molecule is CCC(OC)O[SiH2]Cc1ccccc1. The van der Waals surface area contributed by atoms with Gasteiger partial charge in [-0.25, -0.2) is 0 Å². The minimum absolute atomic E-state index is 0.00498. The maximum absolute atomic E-state index is 5.66. The van der Waals surface area contributed by atoms with E-state index in [1.807, 2.05) is 6.07 Å². The van der Waals surface area contributed by atoms with Gasteiger partial charge in [0, 0.05) is 7.11 Å². The number of hydrogen-bond acceptors (Lipinski definition) is 2. The summed E-state index contributed by atoms with van der Waals surface area (Å²) in [5.41, 5.74) is 1.37. The molecule has 0 heterocycles. The third kappa shape index (κ3) is 4.04. The topological polar surface area (TPSA) is 18.5 Å². The zero-order valence-corrected chi connectivity index (χ0v) is 10.3. The molecule has 0 aromatic heterocycles. The van der Waals surface area contributed by atoms with Gasteiger partial charge in [-0.15, -0.1) is 0 Å². The Balaban J connectivity index is 2.21. The van der Waals surface area contributed by atoms with Gasteiger partial charge in [-0.05, 0) is 18.0 Å². The normalized spacial score (nSPS) is 13.6. The molecule has 0 saturated carbocycles. The van der Waals surface area contributed by atoms with Crippen molar-refractivity contribution in [3.8, 4) is 0 Å². The fourth-order valence-electron chi connectivity index (χ4n) is 1.31. The van der Waals surface area contributed by atoms with Gasteiger partial charge < -0.3 is 9.16 Å². The van der Waals surface area contributed by atoms with Crippen LogP contribution in [0.5, 0.6) is 0 Å². The van der Waals surface area contributed by atoms with Gasteiger partial charge in [0.2, 0.25) is 0 Å². The van der Waals surface area contributed by atoms with E-state index in [4.69, 9.17) is 9.16 Å². The van der Waals surface area contributed by atoms with E-state index in [1.54, 1.807) is 7.11 Å². The highest BCUT2D eigenvalue weighted by Crippen LogP contribution is 2.01. The molecule has 1 atom stereocenters. The van der Waals surface area contributed by atoms with E-state index < -0.39 is 9.76 Å². The summed E-state index contributed by atoms with van der Waals surface area (Å²) in [7, 11) is 1.22. The summed E-state index contributed by atoms with van der Waals surface area (Å²) in [4.78, 5) is 0. The Morgan fingerprint density at radius 3 is 2.57 bits per heavy atom. The summed E-state index contributed by atoms with van der Waals surface area (Å²) >= 11 is 0. The van der Waals surface area contributed by atoms with Crippen molar-refractivity contribution in [3.63, 3.8) is 0 Å². The van der Waals surface area contributed by atoms with Crippen molar-refractivity contribution < 1.29 is 9.16 Å². The van der Waals surface area contributed by atoms with Gasteiger partial charge in [0.25, 0.3) is 0 Å². The Bertz CT molecular complexity index is 234. The molecule has 0 fully saturated rings. The van der Waals surface area contributed by atoms with Gasteiger partial charge in [0.05, 0.1) is 0 Å². The summed E-state index contributed by atoms with van der Waals surface area (Å²) in [5, 5.41) is 0. The first kappa shape index (κ1) is 11.4. The van der Waals surface area contributed by atoms with Crippen LogP contribution in [-0.4, -0.2) is 23.2 Å². The number of ether oxygens (including phenoxy) is 1. The molecule has 14 heavy (non-hydrogen) atoms. The van der Waals surface area contributed by atoms with Crippen LogP contribution in [0.25, 0.3) is 0 Å². The second kappa shape index (κ2) is 6.76. The van der Waals surface area contributed by atoms with E-state index in [2.05, 4.69) is 31.2 Å². The molecule has 1 aromatic carbocycles. The Morgan fingerprint density at radius 1 is 1.29 bits per heavy atom. The zero-order chi connectivity index (χ0) is 10.2. The number of benzene rings is 1. The maximum atomic E-state index is 5.66. The zero-order valence-electron chi connectivity index (χ0n) is 8.90. The molecule has 0 N–H and O–H groups in total. The van der Waals surface area contributed by atoms with Gasteiger partial charge in [-0.3, -0.25) is 0 Å². The van der Waals surface area contributed by atoms with Crippen LogP contribution in [0.15, 0.2) is 30.3 Å². The van der Waals surface area contributed by atoms with E-state index in [-0.39, 0.29) is 6.29 Å². The highest BCUT2D eigenvalue weighted by atomic mass is 28.2. The van der Waals surface area contributed by atoms with Crippen molar-refractivity contribution in [2.24, 2.45) is 0 Å². The highest BCUT2D eigenvalue weighted by Gasteiger charge is 2.03. The van der Waals surface area contributed by atoms with Crippen LogP contribution in [0.3, 0.4) is 0 Å². The van der Waals surface area contributed by atoms with Crippen LogP contribution in [0.2, 0.25) is 0 Å². The van der Waals surface area contributed by atoms with Crippen LogP contribution < -0.4 is 0 Å². The maximum Gasteiger partial charge on any atom is 0.169 e. The molecule has 78 valence electrons. The van der Waals surface area contributed by atoms with Crippen molar-refractivity contribution in [3.05, 3.63) is 35.9 Å². The molecule has 1 unspecified atom stereocenters. The fraction of sp³-hybridized carbons (Fsp3) is 0.455. The Hall–Kier alpha value is -0.643. The third-order valence-corrected chi connectivity index (χ3v) is 3.52. The van der Waals surface area contributed by atoms with Crippen molar-refractivity contribution >= 4 is 9.76 Å². The molecule has 2 nitrogen and oxygen atoms in total. The Morgan fingerprint density at radius 2 is 2.00 bits per heavy atom. The summed E-state index contributed by atoms with van der Waals surface area (Å²) in [6.45, 7) is 2.07. The molecule has 0 aliphatic rings. The Kier molecular flexibility index (Phi) is 5.52. The van der Waals surface area contributed by atoms with Gasteiger partial charge in [0.1, 0.15) is 6.29 Å². The molecule has 0 amide bonds. The summed E-state index contributed by atoms with van der Waals surface area (Å²) in [5.74, 6) is 0. The van der Waals surface area contributed by atoms with Crippen LogP contribution in [0.4, 0.5) is 0 Å². The van der Waals surface area contributed by atoms with Gasteiger partial charge >= 0.3 is 0 Å². The molecule has 0 radical (unpaired) electrons. The molecule has 1 rings (SSSR count). The molecule has 0 aliphatic heterocycles. The van der Waals surface area contributed by atoms with Crippen LogP contribution in [0, 0.1) is 0 Å². The predicted molar refractivity (Wildman–Crippen MR) is 60.9 cm³/mol. The molecular formula is C11H18O2Si. The van der Waals surface area contributed by atoms with Crippen molar-refractivity contribution in [2.75, 3.05) is 7.11 Å². The van der Waals surface area contributed by atoms with E-state index in [9.17, 15) is 0 Å². The first-order valence-electron chi connectivity index (χ1n) is 5.05. The average molecular weight is 210 g/mol. The summed E-state index contributed by atoms with van der Waals surface area (Å²) < 4.78 is 10.8. The van der Waals surface area contributed by atoms with E-state index in [0.29, 0.717) is 0 Å². The molecule has 3 heteroatoms. The minimum Gasteiger partial charge on any atom is -0.399 e. The monoisotopic (exact) mass is 210 g/mol.